The van der Waals surface area contributed by atoms with Gasteiger partial charge in [-0.2, -0.15) is 0 Å². The van der Waals surface area contributed by atoms with Crippen LogP contribution in [-0.2, 0) is 4.79 Å². The molecule has 0 saturated heterocycles. The Labute approximate surface area is 87.8 Å². The Morgan fingerprint density at radius 2 is 1.93 bits per heavy atom. The molecule has 0 aliphatic carbocycles. The minimum Gasteiger partial charge on any atom is -0.479 e. The molecule has 15 heavy (non-hydrogen) atoms. The maximum atomic E-state index is 10.7. The number of hydrogen-bond donors (Lipinski definition) is 3. The third kappa shape index (κ3) is 2.16. The molecule has 1 aromatic carbocycles. The minimum atomic E-state index is -2.17. The molecular weight excluding hydrogens is 196 g/mol. The van der Waals surface area contributed by atoms with Gasteiger partial charge in [-0.05, 0) is 25.0 Å². The maximum absolute atomic E-state index is 10.7. The molecular formula is C11H14O4. The Bertz CT molecular complexity index is 371. The van der Waals surface area contributed by atoms with Crippen molar-refractivity contribution in [1.82, 2.24) is 0 Å². The second-order valence-corrected chi connectivity index (χ2v) is 3.71. The molecule has 1 aromatic rings. The first-order chi connectivity index (χ1) is 6.87. The van der Waals surface area contributed by atoms with E-state index in [-0.39, 0.29) is 0 Å². The number of benzene rings is 1. The summed E-state index contributed by atoms with van der Waals surface area (Å²) >= 11 is 0. The summed E-state index contributed by atoms with van der Waals surface area (Å²) < 4.78 is 0. The second-order valence-electron chi connectivity index (χ2n) is 3.71. The zero-order valence-corrected chi connectivity index (χ0v) is 8.64. The van der Waals surface area contributed by atoms with Crippen molar-refractivity contribution in [3.63, 3.8) is 0 Å². The lowest BCUT2D eigenvalue weighted by Gasteiger charge is -2.25. The van der Waals surface area contributed by atoms with Crippen LogP contribution in [0.4, 0.5) is 0 Å². The number of carboxylic acids is 1. The van der Waals surface area contributed by atoms with Gasteiger partial charge in [-0.1, -0.05) is 24.3 Å². The lowest BCUT2D eigenvalue weighted by atomic mass is 9.90. The highest BCUT2D eigenvalue weighted by atomic mass is 16.4. The van der Waals surface area contributed by atoms with Crippen molar-refractivity contribution in [2.24, 2.45) is 0 Å². The maximum Gasteiger partial charge on any atom is 0.338 e. The monoisotopic (exact) mass is 210 g/mol. The third-order valence-electron chi connectivity index (χ3n) is 2.45. The molecule has 0 aromatic heterocycles. The lowest BCUT2D eigenvalue weighted by Crippen LogP contribution is -2.41. The Morgan fingerprint density at radius 3 is 2.40 bits per heavy atom. The first kappa shape index (κ1) is 11.7. The van der Waals surface area contributed by atoms with Gasteiger partial charge in [-0.15, -0.1) is 0 Å². The zero-order chi connectivity index (χ0) is 11.6. The van der Waals surface area contributed by atoms with Crippen LogP contribution in [0.1, 0.15) is 24.2 Å². The molecule has 0 fully saturated rings. The SMILES string of the molecule is Cc1ccccc1C(O)C(C)(O)C(=O)O. The molecule has 4 heteroatoms. The van der Waals surface area contributed by atoms with Crippen LogP contribution in [0.25, 0.3) is 0 Å². The molecule has 2 unspecified atom stereocenters. The van der Waals surface area contributed by atoms with E-state index < -0.39 is 17.7 Å². The number of aryl methyl sites for hydroxylation is 1. The average molecular weight is 210 g/mol. The van der Waals surface area contributed by atoms with Crippen LogP contribution in [0.2, 0.25) is 0 Å². The van der Waals surface area contributed by atoms with E-state index in [0.717, 1.165) is 12.5 Å². The van der Waals surface area contributed by atoms with Gasteiger partial charge in [-0.25, -0.2) is 4.79 Å². The van der Waals surface area contributed by atoms with Crippen LogP contribution in [0.15, 0.2) is 24.3 Å². The van der Waals surface area contributed by atoms with Crippen molar-refractivity contribution in [2.45, 2.75) is 25.6 Å². The standard InChI is InChI=1S/C11H14O4/c1-7-5-3-4-6-8(7)9(12)11(2,15)10(13)14/h3-6,9,12,15H,1-2H3,(H,13,14). The van der Waals surface area contributed by atoms with E-state index in [1.165, 1.54) is 0 Å². The van der Waals surface area contributed by atoms with Crippen molar-refractivity contribution in [1.29, 1.82) is 0 Å². The molecule has 1 rings (SSSR count). The lowest BCUT2D eigenvalue weighted by molar-refractivity contribution is -0.169. The van der Waals surface area contributed by atoms with E-state index in [9.17, 15) is 15.0 Å². The number of aliphatic carboxylic acids is 1. The summed E-state index contributed by atoms with van der Waals surface area (Å²) in [6.07, 6.45) is -1.43. The summed E-state index contributed by atoms with van der Waals surface area (Å²) in [6, 6.07) is 6.80. The molecule has 0 saturated carbocycles. The molecule has 4 nitrogen and oxygen atoms in total. The Kier molecular flexibility index (Phi) is 3.12. The van der Waals surface area contributed by atoms with Crippen LogP contribution in [0, 0.1) is 6.92 Å². The fourth-order valence-electron chi connectivity index (χ4n) is 1.31. The van der Waals surface area contributed by atoms with Crippen LogP contribution in [0.3, 0.4) is 0 Å². The van der Waals surface area contributed by atoms with Crippen molar-refractivity contribution >= 4 is 5.97 Å². The van der Waals surface area contributed by atoms with Crippen molar-refractivity contribution in [3.8, 4) is 0 Å². The number of hydrogen-bond acceptors (Lipinski definition) is 3. The van der Waals surface area contributed by atoms with Gasteiger partial charge in [0.25, 0.3) is 0 Å². The summed E-state index contributed by atoms with van der Waals surface area (Å²) in [4.78, 5) is 10.7. The number of rotatable bonds is 3. The minimum absolute atomic E-state index is 0.421. The fraction of sp³-hybridized carbons (Fsp3) is 0.364. The smallest absolute Gasteiger partial charge is 0.338 e. The van der Waals surface area contributed by atoms with E-state index in [1.54, 1.807) is 31.2 Å². The van der Waals surface area contributed by atoms with Gasteiger partial charge in [0.2, 0.25) is 0 Å². The molecule has 82 valence electrons. The first-order valence-corrected chi connectivity index (χ1v) is 4.56. The summed E-state index contributed by atoms with van der Waals surface area (Å²) in [5, 5.41) is 28.1. The van der Waals surface area contributed by atoms with Gasteiger partial charge in [0.1, 0.15) is 6.10 Å². The topological polar surface area (TPSA) is 77.8 Å². The first-order valence-electron chi connectivity index (χ1n) is 4.56. The van der Waals surface area contributed by atoms with E-state index >= 15 is 0 Å². The zero-order valence-electron chi connectivity index (χ0n) is 8.64. The molecule has 0 aliphatic heterocycles. The Balaban J connectivity index is 3.10. The quantitative estimate of drug-likeness (QED) is 0.691. The van der Waals surface area contributed by atoms with Gasteiger partial charge in [0, 0.05) is 0 Å². The Hall–Kier alpha value is -1.39. The highest BCUT2D eigenvalue weighted by Gasteiger charge is 2.39. The van der Waals surface area contributed by atoms with E-state index in [1.807, 2.05) is 0 Å². The molecule has 3 N–H and O–H groups in total. The van der Waals surface area contributed by atoms with Crippen LogP contribution < -0.4 is 0 Å². The molecule has 2 atom stereocenters. The molecule has 0 amide bonds. The molecule has 0 radical (unpaired) electrons. The predicted molar refractivity (Wildman–Crippen MR) is 54.4 cm³/mol. The highest BCUT2D eigenvalue weighted by Crippen LogP contribution is 2.27. The molecule has 0 aliphatic rings. The fourth-order valence-corrected chi connectivity index (χ4v) is 1.31. The van der Waals surface area contributed by atoms with Gasteiger partial charge in [-0.3, -0.25) is 0 Å². The number of carbonyl (C=O) groups is 1. The van der Waals surface area contributed by atoms with Gasteiger partial charge in [0.05, 0.1) is 0 Å². The van der Waals surface area contributed by atoms with Crippen LogP contribution in [0.5, 0.6) is 0 Å². The molecule has 0 bridgehead atoms. The van der Waals surface area contributed by atoms with Gasteiger partial charge < -0.3 is 15.3 Å². The number of aliphatic hydroxyl groups is 2. The second kappa shape index (κ2) is 4.00. The summed E-state index contributed by atoms with van der Waals surface area (Å²) in [5.41, 5.74) is -1.01. The van der Waals surface area contributed by atoms with Crippen LogP contribution in [-0.4, -0.2) is 26.9 Å². The predicted octanol–water partition coefficient (Wildman–Crippen LogP) is 0.864. The van der Waals surface area contributed by atoms with Gasteiger partial charge >= 0.3 is 5.97 Å². The highest BCUT2D eigenvalue weighted by molar-refractivity contribution is 5.77. The van der Waals surface area contributed by atoms with E-state index in [0.29, 0.717) is 5.56 Å². The van der Waals surface area contributed by atoms with Crippen molar-refractivity contribution in [3.05, 3.63) is 35.4 Å². The number of carboxylic acid groups (broad SMARTS) is 1. The van der Waals surface area contributed by atoms with Crippen molar-refractivity contribution in [2.75, 3.05) is 0 Å². The molecule has 0 spiro atoms. The Morgan fingerprint density at radius 1 is 1.40 bits per heavy atom. The van der Waals surface area contributed by atoms with E-state index in [4.69, 9.17) is 5.11 Å². The largest absolute Gasteiger partial charge is 0.479 e. The average Bonchev–Trinajstić information content (AvgIpc) is 2.17. The summed E-state index contributed by atoms with van der Waals surface area (Å²) in [5.74, 6) is -1.45. The van der Waals surface area contributed by atoms with Crippen LogP contribution >= 0.6 is 0 Å². The number of aliphatic hydroxyl groups excluding tert-OH is 1. The summed E-state index contributed by atoms with van der Waals surface area (Å²) in [7, 11) is 0. The molecule has 0 heterocycles. The summed E-state index contributed by atoms with van der Waals surface area (Å²) in [6.45, 7) is 2.82. The van der Waals surface area contributed by atoms with E-state index in [2.05, 4.69) is 0 Å². The normalized spacial score (nSPS) is 16.8. The third-order valence-corrected chi connectivity index (χ3v) is 2.45. The van der Waals surface area contributed by atoms with Gasteiger partial charge in [0.15, 0.2) is 5.60 Å². The van der Waals surface area contributed by atoms with Crippen molar-refractivity contribution < 1.29 is 20.1 Å².